The van der Waals surface area contributed by atoms with Crippen LogP contribution >= 0.6 is 0 Å². The quantitative estimate of drug-likeness (QED) is 0.850. The van der Waals surface area contributed by atoms with Crippen LogP contribution in [0.5, 0.6) is 0 Å². The Balaban J connectivity index is 1.75. The van der Waals surface area contributed by atoms with Crippen molar-refractivity contribution in [2.45, 2.75) is 69.2 Å². The first-order valence-electron chi connectivity index (χ1n) is 8.47. The summed E-state index contributed by atoms with van der Waals surface area (Å²) in [6.07, 6.45) is 7.83. The van der Waals surface area contributed by atoms with Gasteiger partial charge in [-0.15, -0.1) is 0 Å². The Labute approximate surface area is 123 Å². The number of likely N-dealkylation sites (N-methyl/N-ethyl adjacent to an activating group) is 1. The Morgan fingerprint density at radius 1 is 1.25 bits per heavy atom. The van der Waals surface area contributed by atoms with Crippen molar-refractivity contribution >= 4 is 0 Å². The van der Waals surface area contributed by atoms with Gasteiger partial charge in [0.15, 0.2) is 0 Å². The van der Waals surface area contributed by atoms with Gasteiger partial charge in [0, 0.05) is 43.9 Å². The van der Waals surface area contributed by atoms with Crippen LogP contribution in [0, 0.1) is 0 Å². The van der Waals surface area contributed by atoms with E-state index in [0.29, 0.717) is 6.10 Å². The van der Waals surface area contributed by atoms with Crippen LogP contribution in [0.3, 0.4) is 0 Å². The summed E-state index contributed by atoms with van der Waals surface area (Å²) in [5.41, 5.74) is 6.46. The molecule has 2 bridgehead atoms. The highest BCUT2D eigenvalue weighted by Gasteiger charge is 2.44. The standard InChI is InChI=1S/C16H31N3O/c1-3-15-10-16(12-17,7-9-20-15)19-8-6-13-4-5-14(11-19)18(13)2/h13-15H,3-12,17H2,1-2H3. The number of likely N-dealkylation sites (tertiary alicyclic amines) is 1. The molecule has 0 radical (unpaired) electrons. The monoisotopic (exact) mass is 281 g/mol. The van der Waals surface area contributed by atoms with E-state index < -0.39 is 0 Å². The second-order valence-electron chi connectivity index (χ2n) is 7.07. The van der Waals surface area contributed by atoms with Crippen LogP contribution in [0.2, 0.25) is 0 Å². The third-order valence-corrected chi connectivity index (χ3v) is 6.18. The molecule has 3 aliphatic rings. The van der Waals surface area contributed by atoms with Crippen LogP contribution in [0.25, 0.3) is 0 Å². The lowest BCUT2D eigenvalue weighted by Crippen LogP contribution is -2.60. The number of ether oxygens (including phenoxy) is 1. The smallest absolute Gasteiger partial charge is 0.0590 e. The fraction of sp³-hybridized carbons (Fsp3) is 1.00. The average Bonchev–Trinajstić information content (AvgIpc) is 2.72. The minimum atomic E-state index is 0.199. The Hall–Kier alpha value is -0.160. The zero-order valence-electron chi connectivity index (χ0n) is 13.2. The number of fused-ring (bicyclic) bond motifs is 2. The number of hydrogen-bond acceptors (Lipinski definition) is 4. The fourth-order valence-corrected chi connectivity index (χ4v) is 4.60. The normalized spacial score (nSPS) is 43.6. The van der Waals surface area contributed by atoms with E-state index in [-0.39, 0.29) is 5.54 Å². The molecule has 0 aromatic carbocycles. The van der Waals surface area contributed by atoms with Gasteiger partial charge in [-0.05, 0) is 45.6 Å². The van der Waals surface area contributed by atoms with Gasteiger partial charge in [-0.3, -0.25) is 9.80 Å². The van der Waals surface area contributed by atoms with Crippen LogP contribution in [0.4, 0.5) is 0 Å². The van der Waals surface area contributed by atoms with Gasteiger partial charge in [0.25, 0.3) is 0 Å². The summed E-state index contributed by atoms with van der Waals surface area (Å²) in [6.45, 7) is 6.33. The van der Waals surface area contributed by atoms with Crippen LogP contribution in [0.1, 0.15) is 45.4 Å². The Bertz CT molecular complexity index is 338. The first-order chi connectivity index (χ1) is 9.68. The van der Waals surface area contributed by atoms with E-state index >= 15 is 0 Å². The number of nitrogens with two attached hydrogens (primary N) is 1. The van der Waals surface area contributed by atoms with Crippen LogP contribution in [-0.2, 0) is 4.74 Å². The van der Waals surface area contributed by atoms with E-state index in [0.717, 1.165) is 44.5 Å². The SMILES string of the molecule is CCC1CC(CN)(N2CCC3CCC(C2)N3C)CCO1. The van der Waals surface area contributed by atoms with Crippen molar-refractivity contribution in [2.24, 2.45) is 5.73 Å². The molecule has 116 valence electrons. The molecule has 3 fully saturated rings. The second kappa shape index (κ2) is 5.91. The number of hydrogen-bond donors (Lipinski definition) is 1. The van der Waals surface area contributed by atoms with Crippen LogP contribution in [-0.4, -0.2) is 66.8 Å². The van der Waals surface area contributed by atoms with Gasteiger partial charge < -0.3 is 10.5 Å². The van der Waals surface area contributed by atoms with Crippen molar-refractivity contribution in [3.05, 3.63) is 0 Å². The second-order valence-corrected chi connectivity index (χ2v) is 7.07. The highest BCUT2D eigenvalue weighted by molar-refractivity contribution is 5.01. The molecule has 0 aromatic heterocycles. The van der Waals surface area contributed by atoms with Gasteiger partial charge in [0.1, 0.15) is 0 Å². The lowest BCUT2D eigenvalue weighted by molar-refractivity contribution is -0.0737. The van der Waals surface area contributed by atoms with E-state index in [1.54, 1.807) is 0 Å². The highest BCUT2D eigenvalue weighted by atomic mass is 16.5. The third-order valence-electron chi connectivity index (χ3n) is 6.18. The molecule has 2 N–H and O–H groups in total. The molecule has 3 rings (SSSR count). The van der Waals surface area contributed by atoms with E-state index in [1.807, 2.05) is 0 Å². The van der Waals surface area contributed by atoms with E-state index in [9.17, 15) is 0 Å². The lowest BCUT2D eigenvalue weighted by Gasteiger charge is -2.48. The summed E-state index contributed by atoms with van der Waals surface area (Å²) >= 11 is 0. The number of nitrogens with zero attached hydrogens (tertiary/aromatic N) is 2. The van der Waals surface area contributed by atoms with E-state index in [4.69, 9.17) is 10.5 Å². The summed E-state index contributed by atoms with van der Waals surface area (Å²) in [4.78, 5) is 5.36. The van der Waals surface area contributed by atoms with Gasteiger partial charge in [-0.1, -0.05) is 6.92 Å². The van der Waals surface area contributed by atoms with Gasteiger partial charge in [-0.25, -0.2) is 0 Å². The van der Waals surface area contributed by atoms with E-state index in [1.165, 1.54) is 32.4 Å². The molecule has 20 heavy (non-hydrogen) atoms. The van der Waals surface area contributed by atoms with Crippen molar-refractivity contribution in [3.8, 4) is 0 Å². The summed E-state index contributed by atoms with van der Waals surface area (Å²) < 4.78 is 5.90. The highest BCUT2D eigenvalue weighted by Crippen LogP contribution is 2.36. The summed E-state index contributed by atoms with van der Waals surface area (Å²) in [5.74, 6) is 0. The zero-order valence-corrected chi connectivity index (χ0v) is 13.2. The van der Waals surface area contributed by atoms with Crippen molar-refractivity contribution in [1.29, 1.82) is 0 Å². The maximum Gasteiger partial charge on any atom is 0.0590 e. The Kier molecular flexibility index (Phi) is 4.37. The minimum absolute atomic E-state index is 0.199. The molecule has 0 aromatic rings. The van der Waals surface area contributed by atoms with Gasteiger partial charge in [-0.2, -0.15) is 0 Å². The largest absolute Gasteiger partial charge is 0.378 e. The predicted octanol–water partition coefficient (Wildman–Crippen LogP) is 1.44. The Morgan fingerprint density at radius 2 is 2.05 bits per heavy atom. The predicted molar refractivity (Wildman–Crippen MR) is 81.8 cm³/mol. The molecule has 3 saturated heterocycles. The molecule has 0 aliphatic carbocycles. The fourth-order valence-electron chi connectivity index (χ4n) is 4.60. The molecule has 0 spiro atoms. The first-order valence-corrected chi connectivity index (χ1v) is 8.47. The Morgan fingerprint density at radius 3 is 2.80 bits per heavy atom. The van der Waals surface area contributed by atoms with Crippen molar-refractivity contribution in [3.63, 3.8) is 0 Å². The molecule has 0 saturated carbocycles. The van der Waals surface area contributed by atoms with Crippen LogP contribution in [0.15, 0.2) is 0 Å². The third kappa shape index (κ3) is 2.52. The van der Waals surface area contributed by atoms with Gasteiger partial charge >= 0.3 is 0 Å². The van der Waals surface area contributed by atoms with Crippen molar-refractivity contribution in [2.75, 3.05) is 33.3 Å². The average molecular weight is 281 g/mol. The molecule has 4 nitrogen and oxygen atoms in total. The molecule has 4 heteroatoms. The summed E-state index contributed by atoms with van der Waals surface area (Å²) in [6, 6.07) is 1.55. The lowest BCUT2D eigenvalue weighted by atomic mass is 9.83. The van der Waals surface area contributed by atoms with Gasteiger partial charge in [0.2, 0.25) is 0 Å². The zero-order chi connectivity index (χ0) is 14.2. The maximum atomic E-state index is 6.26. The molecule has 3 aliphatic heterocycles. The van der Waals surface area contributed by atoms with Crippen molar-refractivity contribution in [1.82, 2.24) is 9.80 Å². The molecule has 4 unspecified atom stereocenters. The van der Waals surface area contributed by atoms with E-state index in [2.05, 4.69) is 23.8 Å². The molecule has 4 atom stereocenters. The van der Waals surface area contributed by atoms with Crippen molar-refractivity contribution < 1.29 is 4.74 Å². The maximum absolute atomic E-state index is 6.26. The molecule has 0 amide bonds. The molecular weight excluding hydrogens is 250 g/mol. The molecule has 3 heterocycles. The topological polar surface area (TPSA) is 41.7 Å². The van der Waals surface area contributed by atoms with Gasteiger partial charge in [0.05, 0.1) is 6.10 Å². The first kappa shape index (κ1) is 14.8. The summed E-state index contributed by atoms with van der Waals surface area (Å²) in [5, 5.41) is 0. The minimum Gasteiger partial charge on any atom is -0.378 e. The molecular formula is C16H31N3O. The summed E-state index contributed by atoms with van der Waals surface area (Å²) in [7, 11) is 2.32. The van der Waals surface area contributed by atoms with Crippen LogP contribution < -0.4 is 5.73 Å². The number of rotatable bonds is 3.